The van der Waals surface area contributed by atoms with Gasteiger partial charge in [-0.25, -0.2) is 9.18 Å². The second kappa shape index (κ2) is 5.43. The molecule has 20 heavy (non-hydrogen) atoms. The van der Waals surface area contributed by atoms with Gasteiger partial charge in [0.25, 0.3) is 0 Å². The Morgan fingerprint density at radius 1 is 1.20 bits per heavy atom. The molecule has 1 saturated heterocycles. The highest BCUT2D eigenvalue weighted by atomic mass is 19.1. The molecule has 1 aliphatic heterocycles. The van der Waals surface area contributed by atoms with Gasteiger partial charge in [0.05, 0.1) is 11.3 Å². The van der Waals surface area contributed by atoms with E-state index in [1.807, 2.05) is 0 Å². The molecule has 2 fully saturated rings. The number of rotatable bonds is 2. The predicted octanol–water partition coefficient (Wildman–Crippen LogP) is 3.68. The fraction of sp³-hybridized carbons (Fsp3) is 0.562. The molecule has 0 spiro atoms. The second-order valence-corrected chi connectivity index (χ2v) is 5.92. The molecule has 2 aliphatic rings. The minimum atomic E-state index is -1.08. The van der Waals surface area contributed by atoms with Crippen molar-refractivity contribution in [1.82, 2.24) is 0 Å². The molecule has 0 radical (unpaired) electrons. The number of carboxylic acids is 1. The van der Waals surface area contributed by atoms with Gasteiger partial charge in [-0.05, 0) is 49.8 Å². The van der Waals surface area contributed by atoms with Gasteiger partial charge in [-0.15, -0.1) is 0 Å². The van der Waals surface area contributed by atoms with E-state index in [1.54, 1.807) is 6.07 Å². The van der Waals surface area contributed by atoms with E-state index in [0.29, 0.717) is 17.6 Å². The Labute approximate surface area is 118 Å². The minimum absolute atomic E-state index is 0.0171. The molecule has 1 aromatic rings. The maximum absolute atomic E-state index is 14.2. The number of hydrogen-bond donors (Lipinski definition) is 1. The summed E-state index contributed by atoms with van der Waals surface area (Å²) < 4.78 is 14.2. The number of fused-ring (bicyclic) bond motifs is 1. The summed E-state index contributed by atoms with van der Waals surface area (Å²) in [6.45, 7) is 0.879. The van der Waals surface area contributed by atoms with E-state index in [-0.39, 0.29) is 5.56 Å². The highest BCUT2D eigenvalue weighted by Gasteiger charge is 2.34. The monoisotopic (exact) mass is 277 g/mol. The van der Waals surface area contributed by atoms with Crippen LogP contribution in [0.15, 0.2) is 18.2 Å². The van der Waals surface area contributed by atoms with Crippen LogP contribution in [0.1, 0.15) is 48.9 Å². The van der Waals surface area contributed by atoms with Gasteiger partial charge in [0.2, 0.25) is 0 Å². The van der Waals surface area contributed by atoms with Crippen molar-refractivity contribution in [3.05, 3.63) is 29.6 Å². The van der Waals surface area contributed by atoms with Crippen LogP contribution in [0.25, 0.3) is 0 Å². The predicted molar refractivity (Wildman–Crippen MR) is 75.7 cm³/mol. The Hall–Kier alpha value is -1.58. The largest absolute Gasteiger partial charge is 0.478 e. The van der Waals surface area contributed by atoms with Gasteiger partial charge in [-0.3, -0.25) is 0 Å². The average molecular weight is 277 g/mol. The quantitative estimate of drug-likeness (QED) is 0.896. The van der Waals surface area contributed by atoms with Gasteiger partial charge < -0.3 is 10.0 Å². The van der Waals surface area contributed by atoms with Crippen LogP contribution in [0, 0.1) is 11.7 Å². The van der Waals surface area contributed by atoms with E-state index < -0.39 is 11.8 Å². The van der Waals surface area contributed by atoms with Crippen LogP contribution in [0.3, 0.4) is 0 Å². The van der Waals surface area contributed by atoms with Gasteiger partial charge in [-0.2, -0.15) is 0 Å². The number of piperidine rings is 1. The molecular formula is C16H20FNO2. The Balaban J connectivity index is 1.89. The van der Waals surface area contributed by atoms with Crippen LogP contribution < -0.4 is 4.90 Å². The third-order valence-electron chi connectivity index (χ3n) is 4.75. The molecule has 1 N–H and O–H groups in total. The molecule has 0 amide bonds. The lowest BCUT2D eigenvalue weighted by Crippen LogP contribution is -2.47. The molecule has 0 bridgehead atoms. The first kappa shape index (κ1) is 13.4. The fourth-order valence-corrected chi connectivity index (χ4v) is 3.80. The summed E-state index contributed by atoms with van der Waals surface area (Å²) >= 11 is 0. The highest BCUT2D eigenvalue weighted by molar-refractivity contribution is 5.88. The van der Waals surface area contributed by atoms with Gasteiger partial charge >= 0.3 is 5.97 Å². The van der Waals surface area contributed by atoms with Crippen LogP contribution in [0.5, 0.6) is 0 Å². The van der Waals surface area contributed by atoms with Gasteiger partial charge in [0, 0.05) is 12.6 Å². The first-order valence-corrected chi connectivity index (χ1v) is 7.46. The lowest BCUT2D eigenvalue weighted by atomic mass is 9.78. The number of carbonyl (C=O) groups is 1. The van der Waals surface area contributed by atoms with E-state index in [2.05, 4.69) is 4.90 Å². The third-order valence-corrected chi connectivity index (χ3v) is 4.75. The smallest absolute Gasteiger partial charge is 0.335 e. The normalized spacial score (nSPS) is 26.1. The average Bonchev–Trinajstić information content (AvgIpc) is 2.46. The SMILES string of the molecule is O=C(O)c1ccc(N2CCC[C@H]3CCCC[C@H]32)c(F)c1. The number of benzene rings is 1. The summed E-state index contributed by atoms with van der Waals surface area (Å²) in [5.41, 5.74) is 0.593. The summed E-state index contributed by atoms with van der Waals surface area (Å²) in [5.74, 6) is -0.809. The molecule has 3 rings (SSSR count). The van der Waals surface area contributed by atoms with E-state index in [4.69, 9.17) is 5.11 Å². The van der Waals surface area contributed by atoms with Gasteiger partial charge in [0.1, 0.15) is 5.82 Å². The first-order valence-electron chi connectivity index (χ1n) is 7.46. The zero-order valence-corrected chi connectivity index (χ0v) is 11.5. The van der Waals surface area contributed by atoms with E-state index in [1.165, 1.54) is 31.7 Å². The molecule has 1 heterocycles. The van der Waals surface area contributed by atoms with E-state index in [9.17, 15) is 9.18 Å². The molecular weight excluding hydrogens is 257 g/mol. The maximum atomic E-state index is 14.2. The Bertz CT molecular complexity index is 515. The fourth-order valence-electron chi connectivity index (χ4n) is 3.80. The lowest BCUT2D eigenvalue weighted by molar-refractivity contribution is 0.0696. The lowest BCUT2D eigenvalue weighted by Gasteiger charge is -2.45. The first-order chi connectivity index (χ1) is 9.66. The Morgan fingerprint density at radius 3 is 2.70 bits per heavy atom. The van der Waals surface area contributed by atoms with Gasteiger partial charge in [-0.1, -0.05) is 12.8 Å². The molecule has 2 atom stereocenters. The molecule has 1 aromatic carbocycles. The van der Waals surface area contributed by atoms with Crippen LogP contribution in [-0.4, -0.2) is 23.7 Å². The maximum Gasteiger partial charge on any atom is 0.335 e. The van der Waals surface area contributed by atoms with Crippen LogP contribution >= 0.6 is 0 Å². The van der Waals surface area contributed by atoms with E-state index >= 15 is 0 Å². The molecule has 3 nitrogen and oxygen atoms in total. The van der Waals surface area contributed by atoms with Crippen molar-refractivity contribution in [1.29, 1.82) is 0 Å². The van der Waals surface area contributed by atoms with Crippen LogP contribution in [-0.2, 0) is 0 Å². The van der Waals surface area contributed by atoms with E-state index in [0.717, 1.165) is 25.5 Å². The summed E-state index contributed by atoms with van der Waals surface area (Å²) in [6.07, 6.45) is 7.22. The Morgan fingerprint density at radius 2 is 1.95 bits per heavy atom. The molecule has 4 heteroatoms. The Kier molecular flexibility index (Phi) is 3.64. The third kappa shape index (κ3) is 2.39. The topological polar surface area (TPSA) is 40.5 Å². The number of anilines is 1. The molecule has 1 saturated carbocycles. The summed E-state index contributed by atoms with van der Waals surface area (Å²) in [7, 11) is 0. The second-order valence-electron chi connectivity index (χ2n) is 5.92. The van der Waals surface area contributed by atoms with Crippen LogP contribution in [0.4, 0.5) is 10.1 Å². The number of aromatic carboxylic acids is 1. The van der Waals surface area contributed by atoms with Crippen molar-refractivity contribution in [3.8, 4) is 0 Å². The number of carboxylic acid groups (broad SMARTS) is 1. The zero-order chi connectivity index (χ0) is 14.1. The summed E-state index contributed by atoms with van der Waals surface area (Å²) in [6, 6.07) is 4.72. The summed E-state index contributed by atoms with van der Waals surface area (Å²) in [4.78, 5) is 13.1. The number of halogens is 1. The number of nitrogens with zero attached hydrogens (tertiary/aromatic N) is 1. The van der Waals surface area contributed by atoms with Crippen molar-refractivity contribution in [2.45, 2.75) is 44.6 Å². The minimum Gasteiger partial charge on any atom is -0.478 e. The van der Waals surface area contributed by atoms with Crippen LogP contribution in [0.2, 0.25) is 0 Å². The standard InChI is InChI=1S/C16H20FNO2/c17-13-10-12(16(19)20)7-8-15(13)18-9-3-5-11-4-1-2-6-14(11)18/h7-8,10-11,14H,1-6,9H2,(H,19,20)/t11-,14-/m1/s1. The molecule has 1 aliphatic carbocycles. The van der Waals surface area contributed by atoms with Gasteiger partial charge in [0.15, 0.2) is 0 Å². The van der Waals surface area contributed by atoms with Crippen molar-refractivity contribution in [2.75, 3.05) is 11.4 Å². The molecule has 108 valence electrons. The highest BCUT2D eigenvalue weighted by Crippen LogP contribution is 2.38. The van der Waals surface area contributed by atoms with Crippen molar-refractivity contribution >= 4 is 11.7 Å². The van der Waals surface area contributed by atoms with Crippen molar-refractivity contribution in [3.63, 3.8) is 0 Å². The zero-order valence-electron chi connectivity index (χ0n) is 11.5. The van der Waals surface area contributed by atoms with Crippen molar-refractivity contribution in [2.24, 2.45) is 5.92 Å². The van der Waals surface area contributed by atoms with Crippen molar-refractivity contribution < 1.29 is 14.3 Å². The number of hydrogen-bond acceptors (Lipinski definition) is 2. The molecule has 0 aromatic heterocycles. The summed E-state index contributed by atoms with van der Waals surface area (Å²) in [5, 5.41) is 8.92. The molecule has 0 unspecified atom stereocenters.